The highest BCUT2D eigenvalue weighted by atomic mass is 19.1. The molecule has 0 bridgehead atoms. The molecule has 25 heavy (non-hydrogen) atoms. The molecule has 132 valence electrons. The second kappa shape index (κ2) is 7.61. The molecule has 1 aliphatic heterocycles. The van der Waals surface area contributed by atoms with Crippen molar-refractivity contribution in [2.75, 3.05) is 0 Å². The van der Waals surface area contributed by atoms with Crippen molar-refractivity contribution in [2.24, 2.45) is 0 Å². The normalized spacial score (nSPS) is 20.3. The van der Waals surface area contributed by atoms with Crippen molar-refractivity contribution in [2.45, 2.75) is 44.9 Å². The molecule has 3 rings (SSSR count). The first kappa shape index (κ1) is 17.4. The van der Waals surface area contributed by atoms with Gasteiger partial charge in [-0.05, 0) is 19.4 Å². The number of amides is 1. The van der Waals surface area contributed by atoms with Gasteiger partial charge in [0.15, 0.2) is 0 Å². The third-order valence-electron chi connectivity index (χ3n) is 4.56. The number of nitrogens with one attached hydrogen (secondary N) is 2. The summed E-state index contributed by atoms with van der Waals surface area (Å²) in [5.74, 6) is -0.335. The molecule has 0 spiro atoms. The minimum absolute atomic E-state index is 0.0308. The fourth-order valence-electron chi connectivity index (χ4n) is 3.24. The second-order valence-electron chi connectivity index (χ2n) is 6.34. The first-order valence-electron chi connectivity index (χ1n) is 8.49. The summed E-state index contributed by atoms with van der Waals surface area (Å²) in [5.41, 5.74) is 2.56. The molecule has 5 nitrogen and oxygen atoms in total. The molecule has 2 aromatic rings. The molecule has 1 aromatic heterocycles. The molecule has 0 radical (unpaired) electrons. The maximum absolute atomic E-state index is 14.2. The van der Waals surface area contributed by atoms with Crippen LogP contribution in [0.4, 0.5) is 4.39 Å². The molecule has 0 unspecified atom stereocenters. The van der Waals surface area contributed by atoms with Gasteiger partial charge in [-0.1, -0.05) is 24.3 Å². The van der Waals surface area contributed by atoms with E-state index in [0.29, 0.717) is 31.5 Å². The van der Waals surface area contributed by atoms with E-state index >= 15 is 0 Å². The van der Waals surface area contributed by atoms with Crippen LogP contribution in [0.2, 0.25) is 0 Å². The summed E-state index contributed by atoms with van der Waals surface area (Å²) in [6.07, 6.45) is 4.90. The SMILES string of the molecule is C=CCn1cc(CN[C@@H]2CCC(=O)N[C@H]2c2ccccc2F)c(C)n1. The number of carbonyl (C=O) groups is 1. The summed E-state index contributed by atoms with van der Waals surface area (Å²) in [5, 5.41) is 10.8. The van der Waals surface area contributed by atoms with Gasteiger partial charge in [0.1, 0.15) is 5.82 Å². The van der Waals surface area contributed by atoms with Crippen molar-refractivity contribution in [1.82, 2.24) is 20.4 Å². The van der Waals surface area contributed by atoms with E-state index in [-0.39, 0.29) is 23.8 Å². The van der Waals surface area contributed by atoms with Crippen molar-refractivity contribution in [1.29, 1.82) is 0 Å². The van der Waals surface area contributed by atoms with Crippen LogP contribution in [0, 0.1) is 12.7 Å². The van der Waals surface area contributed by atoms with Crippen LogP contribution in [0.1, 0.15) is 35.7 Å². The first-order chi connectivity index (χ1) is 12.1. The maximum Gasteiger partial charge on any atom is 0.220 e. The highest BCUT2D eigenvalue weighted by Crippen LogP contribution is 2.26. The van der Waals surface area contributed by atoms with Gasteiger partial charge >= 0.3 is 0 Å². The zero-order valence-electron chi connectivity index (χ0n) is 14.3. The lowest BCUT2D eigenvalue weighted by Gasteiger charge is -2.33. The smallest absolute Gasteiger partial charge is 0.220 e. The monoisotopic (exact) mass is 342 g/mol. The molecule has 1 aromatic carbocycles. The predicted octanol–water partition coefficient (Wildman–Crippen LogP) is 2.63. The fourth-order valence-corrected chi connectivity index (χ4v) is 3.24. The van der Waals surface area contributed by atoms with Gasteiger partial charge in [0.05, 0.1) is 18.3 Å². The average molecular weight is 342 g/mol. The van der Waals surface area contributed by atoms with Gasteiger partial charge in [0.2, 0.25) is 5.91 Å². The van der Waals surface area contributed by atoms with Crippen molar-refractivity contribution in [3.8, 4) is 0 Å². The van der Waals surface area contributed by atoms with Gasteiger partial charge < -0.3 is 10.6 Å². The van der Waals surface area contributed by atoms with Crippen molar-refractivity contribution < 1.29 is 9.18 Å². The van der Waals surface area contributed by atoms with Gasteiger partial charge in [0, 0.05) is 36.3 Å². The molecule has 1 saturated heterocycles. The highest BCUT2D eigenvalue weighted by Gasteiger charge is 2.31. The van der Waals surface area contributed by atoms with Crippen LogP contribution in [-0.4, -0.2) is 21.7 Å². The molecule has 1 aliphatic rings. The van der Waals surface area contributed by atoms with Crippen LogP contribution in [-0.2, 0) is 17.9 Å². The van der Waals surface area contributed by atoms with Crippen LogP contribution >= 0.6 is 0 Å². The van der Waals surface area contributed by atoms with Gasteiger partial charge in [-0.3, -0.25) is 9.48 Å². The Morgan fingerprint density at radius 2 is 2.28 bits per heavy atom. The Bertz CT molecular complexity index is 771. The van der Waals surface area contributed by atoms with Crippen LogP contribution in [0.15, 0.2) is 43.1 Å². The van der Waals surface area contributed by atoms with Crippen LogP contribution in [0.25, 0.3) is 0 Å². The van der Waals surface area contributed by atoms with E-state index < -0.39 is 0 Å². The number of benzene rings is 1. The topological polar surface area (TPSA) is 59.0 Å². The lowest BCUT2D eigenvalue weighted by molar-refractivity contribution is -0.123. The van der Waals surface area contributed by atoms with E-state index in [1.54, 1.807) is 24.3 Å². The minimum Gasteiger partial charge on any atom is -0.348 e. The third kappa shape index (κ3) is 3.96. The molecule has 2 N–H and O–H groups in total. The number of rotatable bonds is 6. The average Bonchev–Trinajstić information content (AvgIpc) is 2.94. The second-order valence-corrected chi connectivity index (χ2v) is 6.34. The summed E-state index contributed by atoms with van der Waals surface area (Å²) in [4.78, 5) is 11.8. The van der Waals surface area contributed by atoms with Gasteiger partial charge in [-0.2, -0.15) is 5.10 Å². The summed E-state index contributed by atoms with van der Waals surface area (Å²) >= 11 is 0. The molecule has 0 saturated carbocycles. The Hall–Kier alpha value is -2.47. The van der Waals surface area contributed by atoms with Gasteiger partial charge in [-0.25, -0.2) is 4.39 Å². The quantitative estimate of drug-likeness (QED) is 0.794. The van der Waals surface area contributed by atoms with Gasteiger partial charge in [0.25, 0.3) is 0 Å². The van der Waals surface area contributed by atoms with E-state index in [4.69, 9.17) is 0 Å². The third-order valence-corrected chi connectivity index (χ3v) is 4.56. The molecule has 2 atom stereocenters. The summed E-state index contributed by atoms with van der Waals surface area (Å²) < 4.78 is 16.0. The van der Waals surface area contributed by atoms with Crippen molar-refractivity contribution >= 4 is 5.91 Å². The van der Waals surface area contributed by atoms with Crippen LogP contribution in [0.5, 0.6) is 0 Å². The number of hydrogen-bond donors (Lipinski definition) is 2. The standard InChI is InChI=1S/C19H23FN4O/c1-3-10-24-12-14(13(2)23-24)11-21-17-8-9-18(25)22-19(17)15-6-4-5-7-16(15)20/h3-7,12,17,19,21H,1,8-11H2,2H3,(H,22,25)/t17-,19+/m1/s1. The molecular formula is C19H23FN4O. The zero-order valence-corrected chi connectivity index (χ0v) is 14.3. The lowest BCUT2D eigenvalue weighted by atomic mass is 9.91. The zero-order chi connectivity index (χ0) is 17.8. The number of aromatic nitrogens is 2. The molecule has 1 amide bonds. The number of halogens is 1. The van der Waals surface area contributed by atoms with E-state index in [1.807, 2.05) is 17.8 Å². The number of hydrogen-bond acceptors (Lipinski definition) is 3. The van der Waals surface area contributed by atoms with E-state index in [1.165, 1.54) is 6.07 Å². The number of nitrogens with zero attached hydrogens (tertiary/aromatic N) is 2. The van der Waals surface area contributed by atoms with Gasteiger partial charge in [-0.15, -0.1) is 6.58 Å². The first-order valence-corrected chi connectivity index (χ1v) is 8.49. The van der Waals surface area contributed by atoms with E-state index in [9.17, 15) is 9.18 Å². The summed E-state index contributed by atoms with van der Waals surface area (Å²) in [7, 11) is 0. The maximum atomic E-state index is 14.2. The Morgan fingerprint density at radius 3 is 3.04 bits per heavy atom. The Morgan fingerprint density at radius 1 is 1.48 bits per heavy atom. The Kier molecular flexibility index (Phi) is 5.28. The highest BCUT2D eigenvalue weighted by molar-refractivity contribution is 5.77. The van der Waals surface area contributed by atoms with Crippen LogP contribution < -0.4 is 10.6 Å². The molecule has 0 aliphatic carbocycles. The molecule has 6 heteroatoms. The van der Waals surface area contributed by atoms with Crippen molar-refractivity contribution in [3.05, 3.63) is 65.8 Å². The summed E-state index contributed by atoms with van der Waals surface area (Å²) in [6, 6.07) is 6.20. The van der Waals surface area contributed by atoms with Crippen LogP contribution in [0.3, 0.4) is 0 Å². The molecule has 2 heterocycles. The number of carbonyl (C=O) groups excluding carboxylic acids is 1. The molecule has 1 fully saturated rings. The van der Waals surface area contributed by atoms with E-state index in [2.05, 4.69) is 22.3 Å². The Labute approximate surface area is 146 Å². The number of aryl methyl sites for hydroxylation is 1. The lowest BCUT2D eigenvalue weighted by Crippen LogP contribution is -2.48. The largest absolute Gasteiger partial charge is 0.348 e. The fraction of sp³-hybridized carbons (Fsp3) is 0.368. The number of allylic oxidation sites excluding steroid dienone is 1. The van der Waals surface area contributed by atoms with Crippen molar-refractivity contribution in [3.63, 3.8) is 0 Å². The molecular weight excluding hydrogens is 319 g/mol. The summed E-state index contributed by atoms with van der Waals surface area (Å²) in [6.45, 7) is 6.97. The minimum atomic E-state index is -0.369. The Balaban J connectivity index is 1.74. The predicted molar refractivity (Wildman–Crippen MR) is 94.3 cm³/mol. The van der Waals surface area contributed by atoms with E-state index in [0.717, 1.165) is 11.3 Å². The number of piperidine rings is 1.